The number of rotatable bonds is 9. The maximum atomic E-state index is 9.54. The third kappa shape index (κ3) is 4.21. The quantitative estimate of drug-likeness (QED) is 0.599. The van der Waals surface area contributed by atoms with Crippen LogP contribution in [0.2, 0.25) is 0 Å². The Kier molecular flexibility index (Phi) is 7.04. The molecule has 0 heterocycles. The van der Waals surface area contributed by atoms with Gasteiger partial charge >= 0.3 is 0 Å². The van der Waals surface area contributed by atoms with Gasteiger partial charge in [0.05, 0.1) is 19.8 Å². The highest BCUT2D eigenvalue weighted by Crippen LogP contribution is 2.37. The van der Waals surface area contributed by atoms with Crippen molar-refractivity contribution in [3.05, 3.63) is 0 Å². The van der Waals surface area contributed by atoms with E-state index in [-0.39, 0.29) is 12.1 Å². The summed E-state index contributed by atoms with van der Waals surface area (Å²) in [6.07, 6.45) is 4.48. The van der Waals surface area contributed by atoms with Crippen molar-refractivity contribution in [1.82, 2.24) is 5.32 Å². The Hall–Kier alpha value is -0.160. The lowest BCUT2D eigenvalue weighted by molar-refractivity contribution is 0.0386. The second kappa shape index (κ2) is 8.03. The maximum Gasteiger partial charge on any atom is 0.0700 e. The third-order valence-corrected chi connectivity index (χ3v) is 3.92. The zero-order valence-corrected chi connectivity index (χ0v) is 11.2. The number of hydrogen-bond acceptors (Lipinski definition) is 4. The lowest BCUT2D eigenvalue weighted by Crippen LogP contribution is -2.49. The molecule has 0 aromatic heterocycles. The molecule has 4 heteroatoms. The molecule has 0 bridgehead atoms. The average molecular weight is 245 g/mol. The summed E-state index contributed by atoms with van der Waals surface area (Å²) in [4.78, 5) is 0. The lowest BCUT2D eigenvalue weighted by Gasteiger charge is -2.33. The van der Waals surface area contributed by atoms with Gasteiger partial charge in [-0.05, 0) is 39.2 Å². The number of aliphatic hydroxyl groups is 1. The monoisotopic (exact) mass is 245 g/mol. The molecule has 1 aliphatic rings. The van der Waals surface area contributed by atoms with E-state index in [1.165, 1.54) is 12.8 Å². The predicted molar refractivity (Wildman–Crippen MR) is 68.1 cm³/mol. The van der Waals surface area contributed by atoms with Gasteiger partial charge in [0.1, 0.15) is 0 Å². The van der Waals surface area contributed by atoms with Gasteiger partial charge in [0.2, 0.25) is 0 Å². The number of likely N-dealkylation sites (N-methyl/N-ethyl adjacent to an activating group) is 1. The van der Waals surface area contributed by atoms with Gasteiger partial charge in [0.25, 0.3) is 0 Å². The first-order chi connectivity index (χ1) is 8.29. The highest BCUT2D eigenvalue weighted by molar-refractivity contribution is 4.97. The third-order valence-electron chi connectivity index (χ3n) is 3.92. The Morgan fingerprint density at radius 1 is 1.29 bits per heavy atom. The van der Waals surface area contributed by atoms with Gasteiger partial charge in [-0.2, -0.15) is 0 Å². The Labute approximate surface area is 105 Å². The molecule has 0 radical (unpaired) electrons. The minimum Gasteiger partial charge on any atom is -0.394 e. The van der Waals surface area contributed by atoms with Crippen LogP contribution in [0.15, 0.2) is 0 Å². The van der Waals surface area contributed by atoms with E-state index in [4.69, 9.17) is 9.47 Å². The van der Waals surface area contributed by atoms with Crippen LogP contribution in [0.3, 0.4) is 0 Å². The Morgan fingerprint density at radius 3 is 2.71 bits per heavy atom. The van der Waals surface area contributed by atoms with Crippen molar-refractivity contribution < 1.29 is 14.6 Å². The van der Waals surface area contributed by atoms with Gasteiger partial charge in [-0.15, -0.1) is 0 Å². The Bertz CT molecular complexity index is 195. The van der Waals surface area contributed by atoms with Gasteiger partial charge in [0, 0.05) is 18.8 Å². The first-order valence-corrected chi connectivity index (χ1v) is 6.74. The SMILES string of the molecule is CCOCCOCCC1CCCC1(CO)NC. The van der Waals surface area contributed by atoms with E-state index in [0.717, 1.165) is 26.1 Å². The maximum absolute atomic E-state index is 9.54. The minimum atomic E-state index is -0.0662. The summed E-state index contributed by atoms with van der Waals surface area (Å²) in [5.41, 5.74) is -0.0662. The van der Waals surface area contributed by atoms with Gasteiger partial charge in [-0.3, -0.25) is 0 Å². The van der Waals surface area contributed by atoms with Crippen LogP contribution in [0.5, 0.6) is 0 Å². The summed E-state index contributed by atoms with van der Waals surface area (Å²) < 4.78 is 10.8. The van der Waals surface area contributed by atoms with E-state index in [9.17, 15) is 5.11 Å². The summed E-state index contributed by atoms with van der Waals surface area (Å²) in [7, 11) is 1.95. The molecule has 1 rings (SSSR count). The van der Waals surface area contributed by atoms with Crippen molar-refractivity contribution in [3.8, 4) is 0 Å². The average Bonchev–Trinajstić information content (AvgIpc) is 2.77. The molecular weight excluding hydrogens is 218 g/mol. The molecule has 1 fully saturated rings. The molecule has 1 saturated carbocycles. The second-order valence-corrected chi connectivity index (χ2v) is 4.75. The Morgan fingerprint density at radius 2 is 2.06 bits per heavy atom. The summed E-state index contributed by atoms with van der Waals surface area (Å²) in [6.45, 7) is 5.08. The highest BCUT2D eigenvalue weighted by Gasteiger charge is 2.40. The molecule has 0 aromatic rings. The van der Waals surface area contributed by atoms with E-state index >= 15 is 0 Å². The fraction of sp³-hybridized carbons (Fsp3) is 1.00. The zero-order chi connectivity index (χ0) is 12.6. The summed E-state index contributed by atoms with van der Waals surface area (Å²) in [5.74, 6) is 0.532. The fourth-order valence-corrected chi connectivity index (χ4v) is 2.77. The highest BCUT2D eigenvalue weighted by atomic mass is 16.5. The molecule has 0 aromatic carbocycles. The molecule has 2 N–H and O–H groups in total. The van der Waals surface area contributed by atoms with Crippen LogP contribution in [0.1, 0.15) is 32.6 Å². The molecule has 2 unspecified atom stereocenters. The van der Waals surface area contributed by atoms with Gasteiger partial charge in [0.15, 0.2) is 0 Å². The number of nitrogens with one attached hydrogen (secondary N) is 1. The van der Waals surface area contributed by atoms with Crippen molar-refractivity contribution in [2.24, 2.45) is 5.92 Å². The van der Waals surface area contributed by atoms with E-state index in [1.54, 1.807) is 0 Å². The second-order valence-electron chi connectivity index (χ2n) is 4.75. The topological polar surface area (TPSA) is 50.7 Å². The van der Waals surface area contributed by atoms with Crippen LogP contribution >= 0.6 is 0 Å². The first kappa shape index (κ1) is 14.9. The summed E-state index contributed by atoms with van der Waals surface area (Å²) in [6, 6.07) is 0. The van der Waals surface area contributed by atoms with Gasteiger partial charge < -0.3 is 19.9 Å². The van der Waals surface area contributed by atoms with Crippen LogP contribution in [0.25, 0.3) is 0 Å². The smallest absolute Gasteiger partial charge is 0.0700 e. The van der Waals surface area contributed by atoms with Crippen molar-refractivity contribution >= 4 is 0 Å². The molecular formula is C13H27NO3. The molecule has 0 saturated heterocycles. The standard InChI is InChI=1S/C13H27NO3/c1-3-16-9-10-17-8-6-12-5-4-7-13(12,11-15)14-2/h12,14-15H,3-11H2,1-2H3. The van der Waals surface area contributed by atoms with Crippen molar-refractivity contribution in [1.29, 1.82) is 0 Å². The summed E-state index contributed by atoms with van der Waals surface area (Å²) >= 11 is 0. The van der Waals surface area contributed by atoms with Crippen molar-refractivity contribution in [2.75, 3.05) is 40.1 Å². The fourth-order valence-electron chi connectivity index (χ4n) is 2.77. The van der Waals surface area contributed by atoms with E-state index in [0.29, 0.717) is 19.1 Å². The van der Waals surface area contributed by atoms with Crippen molar-refractivity contribution in [2.45, 2.75) is 38.1 Å². The number of ether oxygens (including phenoxy) is 2. The molecule has 2 atom stereocenters. The Balaban J connectivity index is 2.17. The first-order valence-electron chi connectivity index (χ1n) is 6.74. The van der Waals surface area contributed by atoms with Gasteiger partial charge in [-0.1, -0.05) is 6.42 Å². The molecule has 17 heavy (non-hydrogen) atoms. The van der Waals surface area contributed by atoms with Gasteiger partial charge in [-0.25, -0.2) is 0 Å². The van der Waals surface area contributed by atoms with Crippen LogP contribution in [-0.4, -0.2) is 50.7 Å². The molecule has 102 valence electrons. The summed E-state index contributed by atoms with van der Waals surface area (Å²) in [5, 5.41) is 12.8. The predicted octanol–water partition coefficient (Wildman–Crippen LogP) is 1.18. The van der Waals surface area contributed by atoms with E-state index in [1.807, 2.05) is 14.0 Å². The molecule has 0 aliphatic heterocycles. The van der Waals surface area contributed by atoms with Crippen molar-refractivity contribution in [3.63, 3.8) is 0 Å². The van der Waals surface area contributed by atoms with Crippen LogP contribution in [-0.2, 0) is 9.47 Å². The molecule has 4 nitrogen and oxygen atoms in total. The van der Waals surface area contributed by atoms with Crippen LogP contribution in [0, 0.1) is 5.92 Å². The zero-order valence-electron chi connectivity index (χ0n) is 11.2. The lowest BCUT2D eigenvalue weighted by atomic mass is 9.86. The number of aliphatic hydroxyl groups excluding tert-OH is 1. The molecule has 1 aliphatic carbocycles. The normalized spacial score (nSPS) is 28.8. The van der Waals surface area contributed by atoms with E-state index in [2.05, 4.69) is 5.32 Å². The number of hydrogen-bond donors (Lipinski definition) is 2. The van der Waals surface area contributed by atoms with Crippen LogP contribution in [0.4, 0.5) is 0 Å². The molecule has 0 spiro atoms. The minimum absolute atomic E-state index is 0.0662. The van der Waals surface area contributed by atoms with Crippen LogP contribution < -0.4 is 5.32 Å². The van der Waals surface area contributed by atoms with E-state index < -0.39 is 0 Å². The largest absolute Gasteiger partial charge is 0.394 e. The molecule has 0 amide bonds.